The fraction of sp³-hybridized carbons (Fsp3) is 0.154. The highest BCUT2D eigenvalue weighted by Gasteiger charge is 2.20. The maximum atomic E-state index is 12.6. The van der Waals surface area contributed by atoms with Gasteiger partial charge in [-0.2, -0.15) is 0 Å². The lowest BCUT2D eigenvalue weighted by Gasteiger charge is -2.15. The van der Waals surface area contributed by atoms with E-state index in [9.17, 15) is 13.2 Å². The van der Waals surface area contributed by atoms with Crippen molar-refractivity contribution in [3.05, 3.63) is 90.1 Å². The van der Waals surface area contributed by atoms with Crippen molar-refractivity contribution in [2.75, 3.05) is 10.0 Å². The summed E-state index contributed by atoms with van der Waals surface area (Å²) in [6.07, 6.45) is -0.764. The van der Waals surface area contributed by atoms with E-state index >= 15 is 0 Å². The van der Waals surface area contributed by atoms with Crippen LogP contribution in [0.1, 0.15) is 18.2 Å². The van der Waals surface area contributed by atoms with Gasteiger partial charge in [-0.1, -0.05) is 47.6 Å². The van der Waals surface area contributed by atoms with Crippen LogP contribution in [-0.2, 0) is 14.8 Å². The highest BCUT2D eigenvalue weighted by atomic mass is 32.2. The average Bonchev–Trinajstić information content (AvgIpc) is 3.17. The molecule has 4 rings (SSSR count). The van der Waals surface area contributed by atoms with E-state index in [4.69, 9.17) is 9.26 Å². The Kier molecular flexibility index (Phi) is 6.88. The van der Waals surface area contributed by atoms with Gasteiger partial charge in [-0.25, -0.2) is 13.1 Å². The summed E-state index contributed by atoms with van der Waals surface area (Å²) in [4.78, 5) is 12.6. The summed E-state index contributed by atoms with van der Waals surface area (Å²) >= 11 is 0. The molecule has 1 atom stereocenters. The number of ether oxygens (including phenoxy) is 1. The van der Waals surface area contributed by atoms with Gasteiger partial charge in [0.05, 0.1) is 10.6 Å². The Balaban J connectivity index is 1.36. The summed E-state index contributed by atoms with van der Waals surface area (Å²) in [5, 5.41) is 6.48. The molecule has 0 saturated carbocycles. The predicted molar refractivity (Wildman–Crippen MR) is 134 cm³/mol. The van der Waals surface area contributed by atoms with Gasteiger partial charge in [-0.3, -0.25) is 4.79 Å². The molecule has 0 aliphatic heterocycles. The minimum absolute atomic E-state index is 0.0201. The van der Waals surface area contributed by atoms with Gasteiger partial charge in [0.15, 0.2) is 6.10 Å². The molecule has 9 heteroatoms. The second-order valence-corrected chi connectivity index (χ2v) is 9.67. The summed E-state index contributed by atoms with van der Waals surface area (Å²) < 4.78 is 38.4. The number of anilines is 2. The maximum absolute atomic E-state index is 12.6. The average molecular weight is 492 g/mol. The Morgan fingerprint density at radius 3 is 2.14 bits per heavy atom. The normalized spacial score (nSPS) is 12.1. The number of rotatable bonds is 8. The van der Waals surface area contributed by atoms with Crippen molar-refractivity contribution in [2.45, 2.75) is 31.8 Å². The highest BCUT2D eigenvalue weighted by Crippen LogP contribution is 2.24. The van der Waals surface area contributed by atoms with Crippen LogP contribution >= 0.6 is 0 Å². The zero-order valence-electron chi connectivity index (χ0n) is 19.5. The van der Waals surface area contributed by atoms with E-state index < -0.39 is 16.1 Å². The second-order valence-electron chi connectivity index (χ2n) is 7.99. The number of carbonyl (C=O) groups is 1. The molecule has 3 aromatic carbocycles. The van der Waals surface area contributed by atoms with Crippen molar-refractivity contribution in [1.82, 2.24) is 5.16 Å². The minimum Gasteiger partial charge on any atom is -0.481 e. The lowest BCUT2D eigenvalue weighted by atomic mass is 10.1. The molecule has 4 aromatic rings. The number of amides is 1. The van der Waals surface area contributed by atoms with Crippen molar-refractivity contribution in [3.63, 3.8) is 0 Å². The molecule has 0 bridgehead atoms. The fourth-order valence-corrected chi connectivity index (χ4v) is 4.31. The van der Waals surface area contributed by atoms with Crippen molar-refractivity contribution < 1.29 is 22.5 Å². The Bertz CT molecular complexity index is 1410. The first-order chi connectivity index (χ1) is 16.7. The van der Waals surface area contributed by atoms with Crippen LogP contribution in [0.15, 0.2) is 88.3 Å². The maximum Gasteiger partial charge on any atom is 0.265 e. The molecule has 0 spiro atoms. The van der Waals surface area contributed by atoms with E-state index in [-0.39, 0.29) is 16.7 Å². The number of nitrogens with one attached hydrogen (secondary N) is 2. The van der Waals surface area contributed by atoms with Crippen molar-refractivity contribution in [1.29, 1.82) is 0 Å². The molecule has 1 aromatic heterocycles. The molecule has 0 fully saturated rings. The lowest BCUT2D eigenvalue weighted by Crippen LogP contribution is -2.30. The van der Waals surface area contributed by atoms with Gasteiger partial charge in [-0.05, 0) is 68.3 Å². The molecular formula is C26H25N3O5S. The zero-order valence-corrected chi connectivity index (χ0v) is 20.3. The van der Waals surface area contributed by atoms with Gasteiger partial charge in [0, 0.05) is 11.3 Å². The van der Waals surface area contributed by atoms with E-state index in [1.807, 2.05) is 54.6 Å². The van der Waals surface area contributed by atoms with Crippen molar-refractivity contribution >= 4 is 27.5 Å². The standard InChI is InChI=1S/C26H25N3O5S/c1-17-18(2)28-34-26(17)29-35(31,32)24-15-11-22(12-16-24)27-25(30)19(3)33-23-13-9-21(10-14-23)20-7-5-4-6-8-20/h4-16,19,29H,1-3H3,(H,27,30)/t19-/m1/s1. The SMILES string of the molecule is Cc1noc(NS(=O)(=O)c2ccc(NC(=O)[C@@H](C)Oc3ccc(-c4ccccc4)cc3)cc2)c1C. The van der Waals surface area contributed by atoms with E-state index in [0.717, 1.165) is 11.1 Å². The first-order valence-corrected chi connectivity index (χ1v) is 12.4. The number of aromatic nitrogens is 1. The zero-order chi connectivity index (χ0) is 25.0. The summed E-state index contributed by atoms with van der Waals surface area (Å²) in [5.41, 5.74) is 3.80. The number of hydrogen-bond acceptors (Lipinski definition) is 6. The van der Waals surface area contributed by atoms with Gasteiger partial charge in [0.2, 0.25) is 5.88 Å². The second kappa shape index (κ2) is 10.0. The lowest BCUT2D eigenvalue weighted by molar-refractivity contribution is -0.122. The fourth-order valence-electron chi connectivity index (χ4n) is 3.27. The first kappa shape index (κ1) is 24.0. The molecule has 1 heterocycles. The van der Waals surface area contributed by atoms with Crippen LogP contribution in [0, 0.1) is 13.8 Å². The molecule has 0 saturated heterocycles. The quantitative estimate of drug-likeness (QED) is 0.352. The van der Waals surface area contributed by atoms with Crippen molar-refractivity contribution in [3.8, 4) is 16.9 Å². The van der Waals surface area contributed by atoms with Gasteiger partial charge in [-0.15, -0.1) is 0 Å². The van der Waals surface area contributed by atoms with Crippen LogP contribution in [0.25, 0.3) is 11.1 Å². The summed E-state index contributed by atoms with van der Waals surface area (Å²) in [6.45, 7) is 5.08. The molecule has 0 aliphatic rings. The molecule has 35 heavy (non-hydrogen) atoms. The van der Waals surface area contributed by atoms with Crippen LogP contribution < -0.4 is 14.8 Å². The Labute approximate surface area is 204 Å². The molecule has 180 valence electrons. The number of sulfonamides is 1. The third-order valence-corrected chi connectivity index (χ3v) is 6.81. The third-order valence-electron chi connectivity index (χ3n) is 5.46. The number of nitrogens with zero attached hydrogens (tertiary/aromatic N) is 1. The number of hydrogen-bond donors (Lipinski definition) is 2. The Morgan fingerprint density at radius 2 is 1.54 bits per heavy atom. The monoisotopic (exact) mass is 491 g/mol. The van der Waals surface area contributed by atoms with Crippen LogP contribution in [0.3, 0.4) is 0 Å². The minimum atomic E-state index is -3.87. The summed E-state index contributed by atoms with van der Waals surface area (Å²) in [5.74, 6) is 0.277. The number of benzene rings is 3. The molecule has 1 amide bonds. The smallest absolute Gasteiger partial charge is 0.265 e. The molecule has 0 unspecified atom stereocenters. The van der Waals surface area contributed by atoms with E-state index in [2.05, 4.69) is 15.2 Å². The highest BCUT2D eigenvalue weighted by molar-refractivity contribution is 7.92. The van der Waals surface area contributed by atoms with E-state index in [0.29, 0.717) is 22.7 Å². The molecule has 8 nitrogen and oxygen atoms in total. The van der Waals surface area contributed by atoms with Crippen LogP contribution in [0.4, 0.5) is 11.6 Å². The van der Waals surface area contributed by atoms with E-state index in [1.54, 1.807) is 20.8 Å². The molecular weight excluding hydrogens is 466 g/mol. The Morgan fingerprint density at radius 1 is 0.914 bits per heavy atom. The third kappa shape index (κ3) is 5.70. The number of carbonyl (C=O) groups excluding carboxylic acids is 1. The van der Waals surface area contributed by atoms with Crippen LogP contribution in [-0.4, -0.2) is 25.6 Å². The first-order valence-electron chi connectivity index (χ1n) is 10.9. The summed E-state index contributed by atoms with van der Waals surface area (Å²) in [7, 11) is -3.87. The molecule has 2 N–H and O–H groups in total. The van der Waals surface area contributed by atoms with Crippen molar-refractivity contribution in [2.24, 2.45) is 0 Å². The van der Waals surface area contributed by atoms with Gasteiger partial charge in [0.25, 0.3) is 15.9 Å². The van der Waals surface area contributed by atoms with Gasteiger partial charge in [0.1, 0.15) is 5.75 Å². The predicted octanol–water partition coefficient (Wildman–Crippen LogP) is 5.17. The summed E-state index contributed by atoms with van der Waals surface area (Å²) in [6, 6.07) is 23.3. The molecule has 0 radical (unpaired) electrons. The van der Waals surface area contributed by atoms with Gasteiger partial charge >= 0.3 is 0 Å². The Hall–Kier alpha value is -4.11. The van der Waals surface area contributed by atoms with Gasteiger partial charge < -0.3 is 14.6 Å². The largest absolute Gasteiger partial charge is 0.481 e. The molecule has 0 aliphatic carbocycles. The topological polar surface area (TPSA) is 111 Å². The van der Waals surface area contributed by atoms with Crippen LogP contribution in [0.2, 0.25) is 0 Å². The number of aryl methyl sites for hydroxylation is 1. The van der Waals surface area contributed by atoms with Crippen LogP contribution in [0.5, 0.6) is 5.75 Å². The van der Waals surface area contributed by atoms with E-state index in [1.165, 1.54) is 24.3 Å².